The molecule has 0 N–H and O–H groups in total. The Morgan fingerprint density at radius 3 is 2.77 bits per heavy atom. The molecule has 0 saturated carbocycles. The Kier molecular flexibility index (Phi) is 4.28. The number of thiophene rings is 1. The van der Waals surface area contributed by atoms with Crippen LogP contribution in [0.1, 0.15) is 28.0 Å². The highest BCUT2D eigenvalue weighted by atomic mass is 32.1. The molecule has 26 heavy (non-hydrogen) atoms. The van der Waals surface area contributed by atoms with Crippen molar-refractivity contribution in [2.24, 2.45) is 5.41 Å². The smallest absolute Gasteiger partial charge is 0.254 e. The van der Waals surface area contributed by atoms with Crippen LogP contribution in [0.5, 0.6) is 0 Å². The summed E-state index contributed by atoms with van der Waals surface area (Å²) in [5, 5.41) is 7.65. The topological polar surface area (TPSA) is 88.8 Å². The van der Waals surface area contributed by atoms with Crippen LogP contribution < -0.4 is 0 Å². The number of hydrogen-bond donors (Lipinski definition) is 0. The van der Waals surface area contributed by atoms with E-state index in [9.17, 15) is 9.59 Å². The first-order valence-corrected chi connectivity index (χ1v) is 9.35. The van der Waals surface area contributed by atoms with Gasteiger partial charge in [-0.25, -0.2) is 0 Å². The summed E-state index contributed by atoms with van der Waals surface area (Å²) >= 11 is 1.51. The average Bonchev–Trinajstić information content (AvgIpc) is 3.31. The number of ether oxygens (including phenoxy) is 1. The SMILES string of the molecule is COCC(=O)N1CC(c2nc(C)no2)C2(C1)CN(C(=O)c1ccsc1)C2. The van der Waals surface area contributed by atoms with Gasteiger partial charge >= 0.3 is 0 Å². The monoisotopic (exact) mass is 376 g/mol. The molecule has 0 aliphatic carbocycles. The van der Waals surface area contributed by atoms with Gasteiger partial charge < -0.3 is 19.1 Å². The third kappa shape index (κ3) is 2.80. The van der Waals surface area contributed by atoms with Crippen molar-refractivity contribution in [2.45, 2.75) is 12.8 Å². The fourth-order valence-electron chi connectivity index (χ4n) is 3.91. The normalized spacial score (nSPS) is 21.2. The summed E-state index contributed by atoms with van der Waals surface area (Å²) in [6, 6.07) is 1.83. The molecule has 2 aliphatic rings. The highest BCUT2D eigenvalue weighted by Crippen LogP contribution is 2.49. The molecule has 2 aromatic rings. The first-order chi connectivity index (χ1) is 12.5. The van der Waals surface area contributed by atoms with Gasteiger partial charge in [-0.15, -0.1) is 0 Å². The molecule has 2 saturated heterocycles. The number of amides is 2. The maximum Gasteiger partial charge on any atom is 0.254 e. The van der Waals surface area contributed by atoms with Gasteiger partial charge in [0.2, 0.25) is 11.8 Å². The van der Waals surface area contributed by atoms with Crippen LogP contribution in [0.3, 0.4) is 0 Å². The average molecular weight is 376 g/mol. The second kappa shape index (κ2) is 6.48. The third-order valence-electron chi connectivity index (χ3n) is 5.18. The molecule has 4 rings (SSSR count). The molecule has 0 aromatic carbocycles. The summed E-state index contributed by atoms with van der Waals surface area (Å²) in [7, 11) is 1.51. The summed E-state index contributed by atoms with van der Waals surface area (Å²) in [4.78, 5) is 32.9. The molecule has 0 radical (unpaired) electrons. The van der Waals surface area contributed by atoms with Gasteiger partial charge in [0.25, 0.3) is 5.91 Å². The van der Waals surface area contributed by atoms with Crippen LogP contribution in [0.15, 0.2) is 21.3 Å². The molecule has 1 unspecified atom stereocenters. The van der Waals surface area contributed by atoms with Gasteiger partial charge in [0.05, 0.1) is 11.5 Å². The van der Waals surface area contributed by atoms with Crippen molar-refractivity contribution in [2.75, 3.05) is 39.9 Å². The highest BCUT2D eigenvalue weighted by molar-refractivity contribution is 7.08. The molecule has 2 aliphatic heterocycles. The predicted molar refractivity (Wildman–Crippen MR) is 92.9 cm³/mol. The number of methoxy groups -OCH3 is 1. The van der Waals surface area contributed by atoms with Crippen LogP contribution in [0.25, 0.3) is 0 Å². The molecule has 138 valence electrons. The van der Waals surface area contributed by atoms with E-state index < -0.39 is 0 Å². The number of rotatable bonds is 4. The summed E-state index contributed by atoms with van der Waals surface area (Å²) in [6.07, 6.45) is 0. The summed E-state index contributed by atoms with van der Waals surface area (Å²) < 4.78 is 10.4. The van der Waals surface area contributed by atoms with Crippen LogP contribution in [0.4, 0.5) is 0 Å². The Bertz CT molecular complexity index is 813. The second-order valence-electron chi connectivity index (χ2n) is 6.98. The van der Waals surface area contributed by atoms with Gasteiger partial charge in [0, 0.05) is 44.1 Å². The zero-order valence-corrected chi connectivity index (χ0v) is 15.5. The van der Waals surface area contributed by atoms with Gasteiger partial charge in [-0.05, 0) is 18.4 Å². The lowest BCUT2D eigenvalue weighted by atomic mass is 9.71. The van der Waals surface area contributed by atoms with E-state index in [1.165, 1.54) is 18.4 Å². The first kappa shape index (κ1) is 17.2. The standard InChI is InChI=1S/C17H20N4O4S/c1-11-18-15(25-19-11)13-5-20(14(22)6-24-2)8-17(13)9-21(10-17)16(23)12-3-4-26-7-12/h3-4,7,13H,5-6,8-10H2,1-2H3. The number of aryl methyl sites for hydroxylation is 1. The van der Waals surface area contributed by atoms with Gasteiger partial charge in [0.1, 0.15) is 6.61 Å². The van der Waals surface area contributed by atoms with E-state index in [2.05, 4.69) is 10.1 Å². The number of hydrogen-bond acceptors (Lipinski definition) is 7. The van der Waals surface area contributed by atoms with E-state index >= 15 is 0 Å². The van der Waals surface area contributed by atoms with Crippen molar-refractivity contribution in [1.82, 2.24) is 19.9 Å². The van der Waals surface area contributed by atoms with E-state index in [1.54, 1.807) is 11.8 Å². The minimum atomic E-state index is -0.242. The summed E-state index contributed by atoms with van der Waals surface area (Å²) in [5.74, 6) is 1.00. The van der Waals surface area contributed by atoms with Crippen LogP contribution in [-0.2, 0) is 9.53 Å². The second-order valence-corrected chi connectivity index (χ2v) is 7.76. The Morgan fingerprint density at radius 1 is 1.38 bits per heavy atom. The fraction of sp³-hybridized carbons (Fsp3) is 0.529. The van der Waals surface area contributed by atoms with E-state index in [0.29, 0.717) is 43.5 Å². The molecule has 1 atom stereocenters. The van der Waals surface area contributed by atoms with Crippen molar-refractivity contribution in [3.63, 3.8) is 0 Å². The lowest BCUT2D eigenvalue weighted by Gasteiger charge is -2.49. The molecule has 2 fully saturated rings. The van der Waals surface area contributed by atoms with Crippen molar-refractivity contribution in [3.05, 3.63) is 34.1 Å². The summed E-state index contributed by atoms with van der Waals surface area (Å²) in [5.41, 5.74) is 0.467. The molecule has 9 heteroatoms. The number of carbonyl (C=O) groups is 2. The van der Waals surface area contributed by atoms with Gasteiger partial charge in [-0.3, -0.25) is 9.59 Å². The molecule has 4 heterocycles. The highest BCUT2D eigenvalue weighted by Gasteiger charge is 2.58. The Morgan fingerprint density at radius 2 is 2.15 bits per heavy atom. The number of likely N-dealkylation sites (tertiary alicyclic amines) is 2. The molecule has 2 aromatic heterocycles. The van der Waals surface area contributed by atoms with Gasteiger partial charge in [-0.1, -0.05) is 5.16 Å². The lowest BCUT2D eigenvalue weighted by molar-refractivity contribution is -0.134. The zero-order chi connectivity index (χ0) is 18.3. The van der Waals surface area contributed by atoms with Crippen molar-refractivity contribution < 1.29 is 18.8 Å². The minimum absolute atomic E-state index is 0.0269. The Hall–Kier alpha value is -2.26. The summed E-state index contributed by atoms with van der Waals surface area (Å²) in [6.45, 7) is 4.03. The molecular formula is C17H20N4O4S. The molecule has 8 nitrogen and oxygen atoms in total. The van der Waals surface area contributed by atoms with Crippen molar-refractivity contribution >= 4 is 23.2 Å². The fourth-order valence-corrected chi connectivity index (χ4v) is 4.54. The maximum atomic E-state index is 12.6. The van der Waals surface area contributed by atoms with E-state index in [-0.39, 0.29) is 29.8 Å². The lowest BCUT2D eigenvalue weighted by Crippen LogP contribution is -2.61. The Labute approximate surface area is 154 Å². The van der Waals surface area contributed by atoms with E-state index in [4.69, 9.17) is 9.26 Å². The quantitative estimate of drug-likeness (QED) is 0.795. The van der Waals surface area contributed by atoms with Crippen LogP contribution >= 0.6 is 11.3 Å². The third-order valence-corrected chi connectivity index (χ3v) is 5.86. The number of aromatic nitrogens is 2. The number of nitrogens with zero attached hydrogens (tertiary/aromatic N) is 4. The van der Waals surface area contributed by atoms with Crippen LogP contribution in [0.2, 0.25) is 0 Å². The maximum absolute atomic E-state index is 12.6. The van der Waals surface area contributed by atoms with Crippen molar-refractivity contribution in [1.29, 1.82) is 0 Å². The Balaban J connectivity index is 1.54. The van der Waals surface area contributed by atoms with Crippen molar-refractivity contribution in [3.8, 4) is 0 Å². The molecule has 1 spiro atoms. The molecular weight excluding hydrogens is 356 g/mol. The number of carbonyl (C=O) groups excluding carboxylic acids is 2. The van der Waals surface area contributed by atoms with E-state index in [0.717, 1.165) is 0 Å². The minimum Gasteiger partial charge on any atom is -0.375 e. The van der Waals surface area contributed by atoms with E-state index in [1.807, 2.05) is 21.7 Å². The van der Waals surface area contributed by atoms with Crippen LogP contribution in [-0.4, -0.2) is 71.7 Å². The van der Waals surface area contributed by atoms with Crippen LogP contribution in [0, 0.1) is 12.3 Å². The van der Waals surface area contributed by atoms with Gasteiger partial charge in [0.15, 0.2) is 5.82 Å². The molecule has 2 amide bonds. The van der Waals surface area contributed by atoms with Gasteiger partial charge in [-0.2, -0.15) is 16.3 Å². The first-order valence-electron chi connectivity index (χ1n) is 8.41. The molecule has 0 bridgehead atoms. The zero-order valence-electron chi connectivity index (χ0n) is 14.7. The predicted octanol–water partition coefficient (Wildman–Crippen LogP) is 1.15. The largest absolute Gasteiger partial charge is 0.375 e.